The van der Waals surface area contributed by atoms with E-state index in [0.717, 1.165) is 30.2 Å². The number of anilines is 2. The van der Waals surface area contributed by atoms with E-state index in [1.54, 1.807) is 17.0 Å². The number of benzene rings is 2. The zero-order valence-corrected chi connectivity index (χ0v) is 18.2. The second-order valence-electron chi connectivity index (χ2n) is 7.45. The van der Waals surface area contributed by atoms with Crippen LogP contribution >= 0.6 is 23.4 Å². The molecule has 2 aliphatic rings. The number of fused-ring (bicyclic) bond motifs is 1. The Labute approximate surface area is 188 Å². The van der Waals surface area contributed by atoms with Gasteiger partial charge < -0.3 is 15.1 Å². The minimum Gasteiger partial charge on any atom is -0.341 e. The Kier molecular flexibility index (Phi) is 6.48. The van der Waals surface area contributed by atoms with Gasteiger partial charge in [0.25, 0.3) is 5.91 Å². The van der Waals surface area contributed by atoms with Crippen LogP contribution in [-0.4, -0.2) is 47.5 Å². The molecule has 0 radical (unpaired) electrons. The van der Waals surface area contributed by atoms with Crippen molar-refractivity contribution in [3.05, 3.63) is 53.3 Å². The lowest BCUT2D eigenvalue weighted by Gasteiger charge is -2.36. The minimum atomic E-state index is -0.916. The first-order valence-corrected chi connectivity index (χ1v) is 11.3. The highest BCUT2D eigenvalue weighted by atomic mass is 35.5. The molecule has 6 nitrogen and oxygen atoms in total. The normalized spacial score (nSPS) is 18.5. The molecule has 0 bridgehead atoms. The Morgan fingerprint density at radius 1 is 1.13 bits per heavy atom. The van der Waals surface area contributed by atoms with E-state index >= 15 is 0 Å². The van der Waals surface area contributed by atoms with Gasteiger partial charge in [0.1, 0.15) is 12.4 Å². The summed E-state index contributed by atoms with van der Waals surface area (Å²) in [5.41, 5.74) is 0.914. The summed E-state index contributed by atoms with van der Waals surface area (Å²) in [6, 6.07) is 11.1. The van der Waals surface area contributed by atoms with Crippen molar-refractivity contribution >= 4 is 52.5 Å². The van der Waals surface area contributed by atoms with Crippen LogP contribution in [0.4, 0.5) is 15.8 Å². The summed E-state index contributed by atoms with van der Waals surface area (Å²) in [7, 11) is 0. The van der Waals surface area contributed by atoms with Gasteiger partial charge in [0, 0.05) is 23.7 Å². The van der Waals surface area contributed by atoms with Gasteiger partial charge >= 0.3 is 0 Å². The van der Waals surface area contributed by atoms with E-state index in [1.807, 2.05) is 12.1 Å². The topological polar surface area (TPSA) is 69.7 Å². The van der Waals surface area contributed by atoms with Crippen molar-refractivity contribution < 1.29 is 18.8 Å². The average Bonchev–Trinajstić information content (AvgIpc) is 2.78. The number of halogens is 2. The predicted octanol–water partition coefficient (Wildman–Crippen LogP) is 3.94. The lowest BCUT2D eigenvalue weighted by atomic mass is 10.1. The van der Waals surface area contributed by atoms with Crippen molar-refractivity contribution in [1.29, 1.82) is 0 Å². The molecule has 3 amide bonds. The highest BCUT2D eigenvalue weighted by Crippen LogP contribution is 2.40. The Morgan fingerprint density at radius 2 is 1.87 bits per heavy atom. The van der Waals surface area contributed by atoms with E-state index in [9.17, 15) is 18.8 Å². The average molecular weight is 462 g/mol. The van der Waals surface area contributed by atoms with E-state index < -0.39 is 22.9 Å². The monoisotopic (exact) mass is 461 g/mol. The molecular formula is C22H21ClFN3O3S. The molecule has 2 aliphatic heterocycles. The Morgan fingerprint density at radius 3 is 2.61 bits per heavy atom. The highest BCUT2D eigenvalue weighted by molar-refractivity contribution is 8.01. The standard InChI is InChI=1S/C22H21ClFN3O3S/c23-15-12-14(8-9-16(15)24)25-19(28)13-27-17-6-2-3-7-18(17)31-20(22(27)30)21(29)26-10-4-1-5-11-26/h2-3,6-9,12,20H,1,4-5,10-11,13H2,(H,25,28)/t20-/m1/s1. The van der Waals surface area contributed by atoms with Crippen molar-refractivity contribution in [1.82, 2.24) is 4.90 Å². The maximum Gasteiger partial charge on any atom is 0.250 e. The molecule has 0 aliphatic carbocycles. The van der Waals surface area contributed by atoms with Crippen molar-refractivity contribution in [3.8, 4) is 0 Å². The van der Waals surface area contributed by atoms with Crippen molar-refractivity contribution in [2.75, 3.05) is 29.9 Å². The molecule has 9 heteroatoms. The summed E-state index contributed by atoms with van der Waals surface area (Å²) in [4.78, 5) is 42.9. The second-order valence-corrected chi connectivity index (χ2v) is 9.01. The number of nitrogens with one attached hydrogen (secondary N) is 1. The van der Waals surface area contributed by atoms with Crippen LogP contribution in [0.5, 0.6) is 0 Å². The molecule has 0 unspecified atom stereocenters. The number of carbonyl (C=O) groups is 3. The van der Waals surface area contributed by atoms with Gasteiger partial charge in [-0.3, -0.25) is 14.4 Å². The number of likely N-dealkylation sites (tertiary alicyclic amines) is 1. The van der Waals surface area contributed by atoms with Crippen LogP contribution in [0.3, 0.4) is 0 Å². The lowest BCUT2D eigenvalue weighted by molar-refractivity contribution is -0.135. The van der Waals surface area contributed by atoms with Crippen LogP contribution in [0.2, 0.25) is 5.02 Å². The number of rotatable bonds is 4. The third-order valence-corrected chi connectivity index (χ3v) is 6.82. The van der Waals surface area contributed by atoms with E-state index in [0.29, 0.717) is 24.5 Å². The Balaban J connectivity index is 1.54. The summed E-state index contributed by atoms with van der Waals surface area (Å²) in [5, 5.41) is 1.60. The second kappa shape index (κ2) is 9.28. The fraction of sp³-hybridized carbons (Fsp3) is 0.318. The Bertz CT molecular complexity index is 1030. The fourth-order valence-corrected chi connectivity index (χ4v) is 5.10. The van der Waals surface area contributed by atoms with Gasteiger partial charge in [0.15, 0.2) is 5.25 Å². The van der Waals surface area contributed by atoms with Crippen LogP contribution in [0.25, 0.3) is 0 Å². The first kappa shape index (κ1) is 21.6. The molecule has 1 fully saturated rings. The van der Waals surface area contributed by atoms with E-state index in [1.165, 1.54) is 28.8 Å². The van der Waals surface area contributed by atoms with Crippen molar-refractivity contribution in [2.45, 2.75) is 29.4 Å². The number of amides is 3. The van der Waals surface area contributed by atoms with E-state index in [2.05, 4.69) is 5.32 Å². The van der Waals surface area contributed by atoms with Crippen LogP contribution in [0.15, 0.2) is 47.4 Å². The van der Waals surface area contributed by atoms with Gasteiger partial charge in [-0.15, -0.1) is 11.8 Å². The van der Waals surface area contributed by atoms with Crippen molar-refractivity contribution in [2.24, 2.45) is 0 Å². The first-order chi connectivity index (χ1) is 14.9. The smallest absolute Gasteiger partial charge is 0.250 e. The van der Waals surface area contributed by atoms with Gasteiger partial charge in [-0.2, -0.15) is 0 Å². The molecule has 0 spiro atoms. The maximum atomic E-state index is 13.4. The number of hydrogen-bond acceptors (Lipinski definition) is 4. The maximum absolute atomic E-state index is 13.4. The molecular weight excluding hydrogens is 441 g/mol. The largest absolute Gasteiger partial charge is 0.341 e. The summed E-state index contributed by atoms with van der Waals surface area (Å²) in [6.07, 6.45) is 2.94. The predicted molar refractivity (Wildman–Crippen MR) is 119 cm³/mol. The molecule has 2 heterocycles. The number of nitrogens with zero attached hydrogens (tertiary/aromatic N) is 2. The SMILES string of the molecule is O=C(CN1C(=O)[C@@H](C(=O)N2CCCCC2)Sc2ccccc21)Nc1ccc(F)c(Cl)c1. The summed E-state index contributed by atoms with van der Waals surface area (Å²) >= 11 is 7.00. The molecule has 2 aromatic rings. The number of carbonyl (C=O) groups excluding carboxylic acids is 3. The van der Waals surface area contributed by atoms with E-state index in [4.69, 9.17) is 11.6 Å². The molecule has 0 aromatic heterocycles. The van der Waals surface area contributed by atoms with Gasteiger partial charge in [0.05, 0.1) is 10.7 Å². The number of thioether (sulfide) groups is 1. The van der Waals surface area contributed by atoms with Gasteiger partial charge in [-0.05, 0) is 49.6 Å². The highest BCUT2D eigenvalue weighted by Gasteiger charge is 2.40. The summed E-state index contributed by atoms with van der Waals surface area (Å²) in [6.45, 7) is 1.03. The Hall–Kier alpha value is -2.58. The van der Waals surface area contributed by atoms with Crippen molar-refractivity contribution in [3.63, 3.8) is 0 Å². The fourth-order valence-electron chi connectivity index (χ4n) is 3.73. The van der Waals surface area contributed by atoms with Crippen LogP contribution in [0, 0.1) is 5.82 Å². The first-order valence-electron chi connectivity index (χ1n) is 10.0. The minimum absolute atomic E-state index is 0.110. The third-order valence-electron chi connectivity index (χ3n) is 5.29. The molecule has 162 valence electrons. The summed E-state index contributed by atoms with van der Waals surface area (Å²) in [5.74, 6) is -1.68. The molecule has 2 aromatic carbocycles. The zero-order chi connectivity index (χ0) is 22.0. The molecule has 1 atom stereocenters. The number of hydrogen-bond donors (Lipinski definition) is 1. The third kappa shape index (κ3) is 4.70. The zero-order valence-electron chi connectivity index (χ0n) is 16.6. The lowest BCUT2D eigenvalue weighted by Crippen LogP contribution is -2.52. The molecule has 1 N–H and O–H groups in total. The molecule has 31 heavy (non-hydrogen) atoms. The number of para-hydroxylation sites is 1. The van der Waals surface area contributed by atoms with Gasteiger partial charge in [-0.25, -0.2) is 4.39 Å². The van der Waals surface area contributed by atoms with Gasteiger partial charge in [0.2, 0.25) is 11.8 Å². The van der Waals surface area contributed by atoms with Gasteiger partial charge in [-0.1, -0.05) is 23.7 Å². The van der Waals surface area contributed by atoms with Crippen LogP contribution in [-0.2, 0) is 14.4 Å². The quantitative estimate of drug-likeness (QED) is 0.700. The number of piperidine rings is 1. The molecule has 0 saturated carbocycles. The molecule has 4 rings (SSSR count). The van der Waals surface area contributed by atoms with Crippen LogP contribution < -0.4 is 10.2 Å². The van der Waals surface area contributed by atoms with Crippen LogP contribution in [0.1, 0.15) is 19.3 Å². The van der Waals surface area contributed by atoms with E-state index in [-0.39, 0.29) is 17.5 Å². The summed E-state index contributed by atoms with van der Waals surface area (Å²) < 4.78 is 13.4. The molecule has 1 saturated heterocycles.